The second-order valence-corrected chi connectivity index (χ2v) is 6.25. The summed E-state index contributed by atoms with van der Waals surface area (Å²) in [6.45, 7) is 5.24. The minimum absolute atomic E-state index is 0.622. The molecule has 1 fully saturated rings. The molecule has 0 bridgehead atoms. The molecular formula is C18H25N3O. The van der Waals surface area contributed by atoms with E-state index in [9.17, 15) is 0 Å². The fourth-order valence-electron chi connectivity index (χ4n) is 3.42. The summed E-state index contributed by atoms with van der Waals surface area (Å²) in [5.41, 5.74) is 8.11. The van der Waals surface area contributed by atoms with Gasteiger partial charge in [-0.2, -0.15) is 0 Å². The van der Waals surface area contributed by atoms with Crippen LogP contribution in [0.5, 0.6) is 5.75 Å². The van der Waals surface area contributed by atoms with Gasteiger partial charge in [0.15, 0.2) is 0 Å². The van der Waals surface area contributed by atoms with Crippen molar-refractivity contribution in [2.24, 2.45) is 17.6 Å². The van der Waals surface area contributed by atoms with Crippen LogP contribution >= 0.6 is 0 Å². The van der Waals surface area contributed by atoms with Gasteiger partial charge in [0.2, 0.25) is 0 Å². The van der Waals surface area contributed by atoms with Gasteiger partial charge in [-0.25, -0.2) is 0 Å². The zero-order valence-electron chi connectivity index (χ0n) is 13.5. The average molecular weight is 299 g/mol. The normalized spacial score (nSPS) is 17.7. The number of nitrogens with zero attached hydrogens (tertiary/aromatic N) is 2. The molecule has 4 heteroatoms. The lowest BCUT2D eigenvalue weighted by atomic mass is 9.85. The number of benzene rings is 1. The summed E-state index contributed by atoms with van der Waals surface area (Å²) >= 11 is 0. The van der Waals surface area contributed by atoms with Crippen molar-refractivity contribution in [3.8, 4) is 5.75 Å². The first-order valence-electron chi connectivity index (χ1n) is 8.10. The smallest absolute Gasteiger partial charge is 0.119 e. The van der Waals surface area contributed by atoms with Crippen molar-refractivity contribution >= 4 is 16.6 Å². The van der Waals surface area contributed by atoms with Crippen molar-refractivity contribution in [2.75, 3.05) is 31.6 Å². The Kier molecular flexibility index (Phi) is 4.48. The van der Waals surface area contributed by atoms with E-state index in [1.54, 1.807) is 7.11 Å². The summed E-state index contributed by atoms with van der Waals surface area (Å²) in [6.07, 6.45) is 4.33. The molecule has 0 aliphatic carbocycles. The lowest BCUT2D eigenvalue weighted by Crippen LogP contribution is -2.37. The Morgan fingerprint density at radius 2 is 2.09 bits per heavy atom. The van der Waals surface area contributed by atoms with Gasteiger partial charge >= 0.3 is 0 Å². The Morgan fingerprint density at radius 1 is 1.32 bits per heavy atom. The number of rotatable bonds is 4. The van der Waals surface area contributed by atoms with Crippen molar-refractivity contribution in [1.29, 1.82) is 0 Å². The maximum absolute atomic E-state index is 5.82. The van der Waals surface area contributed by atoms with Crippen LogP contribution in [-0.2, 0) is 0 Å². The molecule has 1 aromatic heterocycles. The Balaban J connectivity index is 1.85. The number of piperidine rings is 1. The molecule has 2 aromatic rings. The van der Waals surface area contributed by atoms with E-state index in [-0.39, 0.29) is 0 Å². The van der Waals surface area contributed by atoms with Gasteiger partial charge in [0.1, 0.15) is 5.75 Å². The molecule has 0 saturated carbocycles. The largest absolute Gasteiger partial charge is 0.497 e. The predicted octanol–water partition coefficient (Wildman–Crippen LogP) is 3.05. The van der Waals surface area contributed by atoms with Gasteiger partial charge in [-0.15, -0.1) is 0 Å². The standard InChI is InChI=1S/C18H25N3O/c1-13(12-19)14-6-9-21(10-7-14)18-5-8-20-17-4-3-15(22-2)11-16(17)18/h3-5,8,11,13-14H,6-7,9-10,12,19H2,1-2H3. The van der Waals surface area contributed by atoms with E-state index >= 15 is 0 Å². The first-order valence-corrected chi connectivity index (χ1v) is 8.10. The van der Waals surface area contributed by atoms with Crippen LogP contribution in [0.25, 0.3) is 10.9 Å². The average Bonchev–Trinajstić information content (AvgIpc) is 2.60. The van der Waals surface area contributed by atoms with Gasteiger partial charge in [-0.1, -0.05) is 6.92 Å². The molecule has 1 aliphatic heterocycles. The molecule has 0 spiro atoms. The zero-order valence-corrected chi connectivity index (χ0v) is 13.5. The predicted molar refractivity (Wildman–Crippen MR) is 91.5 cm³/mol. The summed E-state index contributed by atoms with van der Waals surface area (Å²) in [6, 6.07) is 8.20. The highest BCUT2D eigenvalue weighted by atomic mass is 16.5. The SMILES string of the molecule is COc1ccc2nccc(N3CCC(C(C)CN)CC3)c2c1. The number of hydrogen-bond donors (Lipinski definition) is 1. The van der Waals surface area contributed by atoms with Crippen LogP contribution in [0.4, 0.5) is 5.69 Å². The fourth-order valence-corrected chi connectivity index (χ4v) is 3.42. The van der Waals surface area contributed by atoms with Gasteiger partial charge in [0.25, 0.3) is 0 Å². The highest BCUT2D eigenvalue weighted by Gasteiger charge is 2.24. The van der Waals surface area contributed by atoms with E-state index in [0.717, 1.165) is 36.8 Å². The van der Waals surface area contributed by atoms with Crippen molar-refractivity contribution in [3.05, 3.63) is 30.5 Å². The van der Waals surface area contributed by atoms with E-state index in [2.05, 4.69) is 28.9 Å². The molecular weight excluding hydrogens is 274 g/mol. The maximum Gasteiger partial charge on any atom is 0.119 e. The van der Waals surface area contributed by atoms with Crippen molar-refractivity contribution in [1.82, 2.24) is 4.98 Å². The molecule has 22 heavy (non-hydrogen) atoms. The first kappa shape index (κ1) is 15.1. The van der Waals surface area contributed by atoms with Crippen LogP contribution in [0.2, 0.25) is 0 Å². The van der Waals surface area contributed by atoms with Gasteiger partial charge in [0, 0.05) is 30.4 Å². The quantitative estimate of drug-likeness (QED) is 0.942. The van der Waals surface area contributed by atoms with Gasteiger partial charge < -0.3 is 15.4 Å². The third kappa shape index (κ3) is 2.88. The second kappa shape index (κ2) is 6.53. The minimum atomic E-state index is 0.622. The van der Waals surface area contributed by atoms with E-state index < -0.39 is 0 Å². The molecule has 4 nitrogen and oxygen atoms in total. The molecule has 1 unspecified atom stereocenters. The Bertz CT molecular complexity index is 635. The molecule has 1 aromatic carbocycles. The number of anilines is 1. The monoisotopic (exact) mass is 299 g/mol. The van der Waals surface area contributed by atoms with Crippen LogP contribution < -0.4 is 15.4 Å². The van der Waals surface area contributed by atoms with Crippen molar-refractivity contribution < 1.29 is 4.74 Å². The summed E-state index contributed by atoms with van der Waals surface area (Å²) in [5, 5.41) is 1.17. The number of nitrogens with two attached hydrogens (primary N) is 1. The summed E-state index contributed by atoms with van der Waals surface area (Å²) < 4.78 is 5.37. The number of ether oxygens (including phenoxy) is 1. The molecule has 1 saturated heterocycles. The summed E-state index contributed by atoms with van der Waals surface area (Å²) in [4.78, 5) is 6.95. The number of aromatic nitrogens is 1. The molecule has 1 aliphatic rings. The van der Waals surface area contributed by atoms with Crippen LogP contribution in [0, 0.1) is 11.8 Å². The maximum atomic E-state index is 5.82. The Labute approximate surface area is 132 Å². The molecule has 2 N–H and O–H groups in total. The number of hydrogen-bond acceptors (Lipinski definition) is 4. The minimum Gasteiger partial charge on any atom is -0.497 e. The Morgan fingerprint density at radius 3 is 2.77 bits per heavy atom. The zero-order chi connectivity index (χ0) is 15.5. The lowest BCUT2D eigenvalue weighted by Gasteiger charge is -2.36. The summed E-state index contributed by atoms with van der Waals surface area (Å²) in [5.74, 6) is 2.26. The van der Waals surface area contributed by atoms with Crippen molar-refractivity contribution in [3.63, 3.8) is 0 Å². The number of methoxy groups -OCH3 is 1. The highest BCUT2D eigenvalue weighted by molar-refractivity contribution is 5.92. The lowest BCUT2D eigenvalue weighted by molar-refractivity contribution is 0.299. The number of pyridine rings is 1. The highest BCUT2D eigenvalue weighted by Crippen LogP contribution is 2.33. The third-order valence-electron chi connectivity index (χ3n) is 4.98. The van der Waals surface area contributed by atoms with Gasteiger partial charge in [-0.3, -0.25) is 4.98 Å². The first-order chi connectivity index (χ1) is 10.7. The summed E-state index contributed by atoms with van der Waals surface area (Å²) in [7, 11) is 1.71. The number of fused-ring (bicyclic) bond motifs is 1. The van der Waals surface area contributed by atoms with Crippen LogP contribution in [0.3, 0.4) is 0 Å². The van der Waals surface area contributed by atoms with Crippen LogP contribution in [-0.4, -0.2) is 31.7 Å². The second-order valence-electron chi connectivity index (χ2n) is 6.25. The molecule has 2 heterocycles. The third-order valence-corrected chi connectivity index (χ3v) is 4.98. The Hall–Kier alpha value is -1.81. The molecule has 0 radical (unpaired) electrons. The van der Waals surface area contributed by atoms with Crippen LogP contribution in [0.1, 0.15) is 19.8 Å². The van der Waals surface area contributed by atoms with Crippen molar-refractivity contribution in [2.45, 2.75) is 19.8 Å². The fraction of sp³-hybridized carbons (Fsp3) is 0.500. The van der Waals surface area contributed by atoms with E-state index in [4.69, 9.17) is 10.5 Å². The van der Waals surface area contributed by atoms with E-state index in [1.807, 2.05) is 18.3 Å². The molecule has 0 amide bonds. The van der Waals surface area contributed by atoms with Gasteiger partial charge in [0.05, 0.1) is 12.6 Å². The van der Waals surface area contributed by atoms with Gasteiger partial charge in [-0.05, 0) is 55.5 Å². The topological polar surface area (TPSA) is 51.4 Å². The van der Waals surface area contributed by atoms with E-state index in [0.29, 0.717) is 5.92 Å². The molecule has 1 atom stereocenters. The molecule has 3 rings (SSSR count). The van der Waals surface area contributed by atoms with Crippen LogP contribution in [0.15, 0.2) is 30.5 Å². The van der Waals surface area contributed by atoms with E-state index in [1.165, 1.54) is 23.9 Å². The molecule has 118 valence electrons.